The smallest absolute Gasteiger partial charge is 0.0635 e. The molecule has 1 rings (SSSR count). The first-order chi connectivity index (χ1) is 5.22. The molecule has 1 aliphatic heterocycles. The lowest BCUT2D eigenvalue weighted by molar-refractivity contribution is 0.0503. The molecule has 0 aliphatic carbocycles. The molecule has 0 spiro atoms. The van der Waals surface area contributed by atoms with Crippen molar-refractivity contribution in [2.45, 2.75) is 19.0 Å². The number of rotatable bonds is 2. The van der Waals surface area contributed by atoms with Gasteiger partial charge in [0.05, 0.1) is 13.2 Å². The third-order valence-corrected chi connectivity index (χ3v) is 2.35. The van der Waals surface area contributed by atoms with Crippen LogP contribution in [-0.2, 0) is 4.74 Å². The molecule has 2 atom stereocenters. The van der Waals surface area contributed by atoms with Gasteiger partial charge in [-0.2, -0.15) is 0 Å². The number of likely N-dealkylation sites (N-methyl/N-ethyl adjacent to an activating group) is 1. The van der Waals surface area contributed by atoms with E-state index in [2.05, 4.69) is 31.2 Å². The van der Waals surface area contributed by atoms with E-state index < -0.39 is 0 Å². The minimum Gasteiger partial charge on any atom is -0.378 e. The minimum absolute atomic E-state index is 0.499. The monoisotopic (exact) mass is 158 g/mol. The molecule has 1 fully saturated rings. The zero-order valence-corrected chi connectivity index (χ0v) is 7.63. The van der Waals surface area contributed by atoms with Gasteiger partial charge >= 0.3 is 0 Å². The molecule has 0 aromatic heterocycles. The highest BCUT2D eigenvalue weighted by atomic mass is 16.5. The molecule has 1 aliphatic rings. The second-order valence-corrected chi connectivity index (χ2v) is 3.34. The molecule has 1 N–H and O–H groups in total. The topological polar surface area (TPSA) is 24.5 Å². The predicted molar refractivity (Wildman–Crippen MR) is 45.8 cm³/mol. The summed E-state index contributed by atoms with van der Waals surface area (Å²) in [5.74, 6) is 0. The van der Waals surface area contributed by atoms with Gasteiger partial charge in [0, 0.05) is 18.6 Å². The molecule has 3 nitrogen and oxygen atoms in total. The molecule has 0 saturated carbocycles. The van der Waals surface area contributed by atoms with Crippen LogP contribution in [0.3, 0.4) is 0 Å². The molecular formula is C8H18N2O. The van der Waals surface area contributed by atoms with Gasteiger partial charge in [-0.1, -0.05) is 0 Å². The number of nitrogens with one attached hydrogen (secondary N) is 1. The van der Waals surface area contributed by atoms with Crippen molar-refractivity contribution in [2.24, 2.45) is 0 Å². The van der Waals surface area contributed by atoms with E-state index in [0.717, 1.165) is 19.8 Å². The number of hydrogen-bond donors (Lipinski definition) is 1. The summed E-state index contributed by atoms with van der Waals surface area (Å²) in [5, 5.41) is 3.43. The molecule has 3 heteroatoms. The van der Waals surface area contributed by atoms with Crippen molar-refractivity contribution in [1.29, 1.82) is 0 Å². The maximum Gasteiger partial charge on any atom is 0.0635 e. The van der Waals surface area contributed by atoms with Gasteiger partial charge in [0.2, 0.25) is 0 Å². The minimum atomic E-state index is 0.499. The second-order valence-electron chi connectivity index (χ2n) is 3.34. The maximum absolute atomic E-state index is 5.36. The SMILES string of the molecule is CC(C1COCCN1)N(C)C. The summed E-state index contributed by atoms with van der Waals surface area (Å²) in [4.78, 5) is 2.21. The van der Waals surface area contributed by atoms with Crippen LogP contribution in [0, 0.1) is 0 Å². The van der Waals surface area contributed by atoms with Crippen LogP contribution >= 0.6 is 0 Å². The lowest BCUT2D eigenvalue weighted by Crippen LogP contribution is -2.52. The zero-order valence-electron chi connectivity index (χ0n) is 7.63. The molecule has 0 aromatic carbocycles. The maximum atomic E-state index is 5.36. The van der Waals surface area contributed by atoms with Crippen LogP contribution in [0.25, 0.3) is 0 Å². The molecule has 0 bridgehead atoms. The third-order valence-electron chi connectivity index (χ3n) is 2.35. The summed E-state index contributed by atoms with van der Waals surface area (Å²) >= 11 is 0. The summed E-state index contributed by atoms with van der Waals surface area (Å²) in [7, 11) is 4.20. The Hall–Kier alpha value is -0.120. The lowest BCUT2D eigenvalue weighted by Gasteiger charge is -2.32. The van der Waals surface area contributed by atoms with E-state index >= 15 is 0 Å². The highest BCUT2D eigenvalue weighted by Gasteiger charge is 2.20. The van der Waals surface area contributed by atoms with Crippen LogP contribution in [0.4, 0.5) is 0 Å². The Labute approximate surface area is 68.7 Å². The van der Waals surface area contributed by atoms with Gasteiger partial charge in [-0.15, -0.1) is 0 Å². The van der Waals surface area contributed by atoms with E-state index in [1.807, 2.05) is 0 Å². The number of ether oxygens (including phenoxy) is 1. The molecule has 1 heterocycles. The number of hydrogen-bond acceptors (Lipinski definition) is 3. The van der Waals surface area contributed by atoms with Gasteiger partial charge in [0.25, 0.3) is 0 Å². The zero-order chi connectivity index (χ0) is 8.27. The lowest BCUT2D eigenvalue weighted by atomic mass is 10.1. The first-order valence-electron chi connectivity index (χ1n) is 4.19. The Morgan fingerprint density at radius 1 is 1.55 bits per heavy atom. The van der Waals surface area contributed by atoms with Crippen molar-refractivity contribution < 1.29 is 4.74 Å². The molecule has 11 heavy (non-hydrogen) atoms. The van der Waals surface area contributed by atoms with Crippen LogP contribution in [-0.4, -0.2) is 50.8 Å². The number of morpholine rings is 1. The highest BCUT2D eigenvalue weighted by molar-refractivity contribution is 4.80. The quantitative estimate of drug-likeness (QED) is 0.608. The van der Waals surface area contributed by atoms with Crippen molar-refractivity contribution in [3.63, 3.8) is 0 Å². The van der Waals surface area contributed by atoms with E-state index in [-0.39, 0.29) is 0 Å². The molecule has 0 radical (unpaired) electrons. The summed E-state index contributed by atoms with van der Waals surface area (Å²) < 4.78 is 5.36. The Morgan fingerprint density at radius 3 is 2.73 bits per heavy atom. The van der Waals surface area contributed by atoms with Crippen LogP contribution in [0.2, 0.25) is 0 Å². The van der Waals surface area contributed by atoms with Gasteiger partial charge in [-0.25, -0.2) is 0 Å². The highest BCUT2D eigenvalue weighted by Crippen LogP contribution is 2.03. The van der Waals surface area contributed by atoms with E-state index in [0.29, 0.717) is 12.1 Å². The standard InChI is InChI=1S/C8H18N2O/c1-7(10(2)3)8-6-11-5-4-9-8/h7-9H,4-6H2,1-3H3. The Morgan fingerprint density at radius 2 is 2.27 bits per heavy atom. The van der Waals surface area contributed by atoms with Crippen molar-refractivity contribution in [1.82, 2.24) is 10.2 Å². The normalized spacial score (nSPS) is 28.9. The predicted octanol–water partition coefficient (Wildman–Crippen LogP) is -0.0751. The van der Waals surface area contributed by atoms with Crippen LogP contribution < -0.4 is 5.32 Å². The summed E-state index contributed by atoms with van der Waals surface area (Å²) in [5.41, 5.74) is 0. The fraction of sp³-hybridized carbons (Fsp3) is 1.00. The Kier molecular flexibility index (Phi) is 3.30. The Balaban J connectivity index is 2.32. The van der Waals surface area contributed by atoms with Gasteiger partial charge in [-0.05, 0) is 21.0 Å². The molecule has 0 aromatic rings. The van der Waals surface area contributed by atoms with Crippen molar-refractivity contribution in [2.75, 3.05) is 33.9 Å². The first-order valence-corrected chi connectivity index (χ1v) is 4.19. The fourth-order valence-corrected chi connectivity index (χ4v) is 1.26. The van der Waals surface area contributed by atoms with Crippen LogP contribution in [0.15, 0.2) is 0 Å². The van der Waals surface area contributed by atoms with Gasteiger partial charge < -0.3 is 15.0 Å². The average Bonchev–Trinajstić information content (AvgIpc) is 2.05. The molecule has 66 valence electrons. The molecular weight excluding hydrogens is 140 g/mol. The second kappa shape index (κ2) is 4.04. The summed E-state index contributed by atoms with van der Waals surface area (Å²) in [6.45, 7) is 4.91. The van der Waals surface area contributed by atoms with E-state index in [1.165, 1.54) is 0 Å². The first kappa shape index (κ1) is 8.97. The fourth-order valence-electron chi connectivity index (χ4n) is 1.26. The van der Waals surface area contributed by atoms with E-state index in [4.69, 9.17) is 4.74 Å². The van der Waals surface area contributed by atoms with Crippen LogP contribution in [0.5, 0.6) is 0 Å². The van der Waals surface area contributed by atoms with Gasteiger partial charge in [0.15, 0.2) is 0 Å². The van der Waals surface area contributed by atoms with Gasteiger partial charge in [0.1, 0.15) is 0 Å². The molecule has 0 amide bonds. The molecule has 2 unspecified atom stereocenters. The van der Waals surface area contributed by atoms with Crippen molar-refractivity contribution in [3.8, 4) is 0 Å². The van der Waals surface area contributed by atoms with Crippen molar-refractivity contribution in [3.05, 3.63) is 0 Å². The molecule has 1 saturated heterocycles. The Bertz CT molecular complexity index is 111. The largest absolute Gasteiger partial charge is 0.378 e. The number of nitrogens with zero attached hydrogens (tertiary/aromatic N) is 1. The third kappa shape index (κ3) is 2.43. The van der Waals surface area contributed by atoms with Gasteiger partial charge in [-0.3, -0.25) is 0 Å². The summed E-state index contributed by atoms with van der Waals surface area (Å²) in [6, 6.07) is 1.05. The average molecular weight is 158 g/mol. The van der Waals surface area contributed by atoms with Crippen LogP contribution in [0.1, 0.15) is 6.92 Å². The van der Waals surface area contributed by atoms with Crippen molar-refractivity contribution >= 4 is 0 Å². The van der Waals surface area contributed by atoms with E-state index in [9.17, 15) is 0 Å². The van der Waals surface area contributed by atoms with E-state index in [1.54, 1.807) is 0 Å². The summed E-state index contributed by atoms with van der Waals surface area (Å²) in [6.07, 6.45) is 0.